The molecular formula is C29H23N. The summed E-state index contributed by atoms with van der Waals surface area (Å²) in [5, 5.41) is 5.27. The molecule has 0 heterocycles. The third kappa shape index (κ3) is 2.35. The predicted octanol–water partition coefficient (Wildman–Crippen LogP) is 8.19. The lowest BCUT2D eigenvalue weighted by Gasteiger charge is -2.31. The molecule has 0 spiro atoms. The number of fused-ring (bicyclic) bond motifs is 4. The van der Waals surface area contributed by atoms with Gasteiger partial charge in [-0.05, 0) is 59.0 Å². The predicted molar refractivity (Wildman–Crippen MR) is 130 cm³/mol. The molecule has 0 N–H and O–H groups in total. The van der Waals surface area contributed by atoms with Crippen LogP contribution in [-0.2, 0) is 0 Å². The first-order chi connectivity index (χ1) is 14.7. The summed E-state index contributed by atoms with van der Waals surface area (Å²) >= 11 is 0. The van der Waals surface area contributed by atoms with E-state index in [1.54, 1.807) is 0 Å². The topological polar surface area (TPSA) is 3.24 Å². The number of hydrogen-bond donors (Lipinski definition) is 0. The molecule has 144 valence electrons. The van der Waals surface area contributed by atoms with Gasteiger partial charge in [-0.15, -0.1) is 0 Å². The molecule has 1 aliphatic rings. The van der Waals surface area contributed by atoms with Crippen LogP contribution in [0.5, 0.6) is 0 Å². The molecule has 0 saturated carbocycles. The molecule has 0 radical (unpaired) electrons. The summed E-state index contributed by atoms with van der Waals surface area (Å²) < 4.78 is 0. The van der Waals surface area contributed by atoms with Crippen LogP contribution < -0.4 is 4.90 Å². The fraction of sp³-hybridized carbons (Fsp3) is 0.103. The Kier molecular flexibility index (Phi) is 3.73. The second-order valence-corrected chi connectivity index (χ2v) is 8.37. The smallest absolute Gasteiger partial charge is 0.0493 e. The fourth-order valence-corrected chi connectivity index (χ4v) is 5.11. The maximum atomic E-state index is 2.49. The zero-order valence-electron chi connectivity index (χ0n) is 17.3. The first-order valence-corrected chi connectivity index (χ1v) is 10.7. The summed E-state index contributed by atoms with van der Waals surface area (Å²) in [4.78, 5) is 2.49. The molecule has 0 saturated heterocycles. The lowest BCUT2D eigenvalue weighted by molar-refractivity contribution is 0.794. The summed E-state index contributed by atoms with van der Waals surface area (Å²) in [5.74, 6) is 0. The Morgan fingerprint density at radius 1 is 0.500 bits per heavy atom. The van der Waals surface area contributed by atoms with Crippen molar-refractivity contribution in [2.75, 3.05) is 4.90 Å². The first kappa shape index (κ1) is 17.3. The van der Waals surface area contributed by atoms with E-state index in [2.05, 4.69) is 116 Å². The molecule has 1 nitrogen and oxygen atoms in total. The largest absolute Gasteiger partial charge is 0.338 e. The van der Waals surface area contributed by atoms with Crippen molar-refractivity contribution >= 4 is 32.9 Å². The Hall–Kier alpha value is -3.58. The van der Waals surface area contributed by atoms with Gasteiger partial charge in [-0.1, -0.05) is 84.9 Å². The molecule has 0 fully saturated rings. The van der Waals surface area contributed by atoms with Crippen LogP contribution in [0.1, 0.15) is 13.8 Å². The highest BCUT2D eigenvalue weighted by Crippen LogP contribution is 2.50. The van der Waals surface area contributed by atoms with Gasteiger partial charge in [0.2, 0.25) is 0 Å². The van der Waals surface area contributed by atoms with Gasteiger partial charge in [-0.2, -0.15) is 0 Å². The maximum Gasteiger partial charge on any atom is 0.0493 e. The third-order valence-electron chi connectivity index (χ3n) is 6.33. The van der Waals surface area contributed by atoms with Gasteiger partial charge in [0.05, 0.1) is 0 Å². The second-order valence-electron chi connectivity index (χ2n) is 8.37. The molecule has 0 unspecified atom stereocenters. The summed E-state index contributed by atoms with van der Waals surface area (Å²) in [6.07, 6.45) is 0. The van der Waals surface area contributed by atoms with E-state index in [1.165, 1.54) is 55.2 Å². The van der Waals surface area contributed by atoms with Crippen LogP contribution >= 0.6 is 0 Å². The van der Waals surface area contributed by atoms with Gasteiger partial charge >= 0.3 is 0 Å². The number of rotatable bonds is 3. The Morgan fingerprint density at radius 3 is 1.87 bits per heavy atom. The molecule has 0 aromatic heterocycles. The van der Waals surface area contributed by atoms with Crippen LogP contribution in [0, 0.1) is 0 Å². The molecule has 30 heavy (non-hydrogen) atoms. The molecule has 1 aliphatic carbocycles. The Balaban J connectivity index is 1.66. The highest BCUT2D eigenvalue weighted by molar-refractivity contribution is 6.19. The average Bonchev–Trinajstić information content (AvgIpc) is 3.11. The van der Waals surface area contributed by atoms with Gasteiger partial charge in [0.15, 0.2) is 0 Å². The minimum absolute atomic E-state index is 0.330. The standard InChI is InChI=1S/C29H23N/c1-19(2)30(27-16-7-10-20-9-3-4-11-21(20)27)28-18-17-25-23-13-6-5-12-22(23)24-14-8-15-26(28)29(24)25/h3-19H,1-2H3. The highest BCUT2D eigenvalue weighted by Gasteiger charge is 2.25. The zero-order valence-corrected chi connectivity index (χ0v) is 17.3. The van der Waals surface area contributed by atoms with E-state index in [1.807, 2.05) is 0 Å². The van der Waals surface area contributed by atoms with E-state index < -0.39 is 0 Å². The number of nitrogens with zero attached hydrogens (tertiary/aromatic N) is 1. The van der Waals surface area contributed by atoms with Crippen molar-refractivity contribution in [2.45, 2.75) is 19.9 Å². The number of anilines is 2. The van der Waals surface area contributed by atoms with Gasteiger partial charge in [0, 0.05) is 28.2 Å². The average molecular weight is 386 g/mol. The van der Waals surface area contributed by atoms with Gasteiger partial charge in [0.25, 0.3) is 0 Å². The van der Waals surface area contributed by atoms with Crippen molar-refractivity contribution in [2.24, 2.45) is 0 Å². The number of benzene rings is 5. The molecule has 5 aromatic rings. The van der Waals surface area contributed by atoms with Crippen LogP contribution in [0.3, 0.4) is 0 Å². The highest BCUT2D eigenvalue weighted by atomic mass is 15.2. The van der Waals surface area contributed by atoms with Crippen molar-refractivity contribution in [3.8, 4) is 22.3 Å². The quantitative estimate of drug-likeness (QED) is 0.297. The fourth-order valence-electron chi connectivity index (χ4n) is 5.11. The molecule has 0 amide bonds. The van der Waals surface area contributed by atoms with Crippen molar-refractivity contribution in [3.05, 3.63) is 97.1 Å². The molecule has 0 bridgehead atoms. The molecule has 5 aromatic carbocycles. The lowest BCUT2D eigenvalue weighted by Crippen LogP contribution is -2.25. The van der Waals surface area contributed by atoms with Gasteiger partial charge in [0.1, 0.15) is 0 Å². The normalized spacial score (nSPS) is 12.0. The van der Waals surface area contributed by atoms with E-state index in [9.17, 15) is 0 Å². The molecule has 1 heteroatoms. The maximum absolute atomic E-state index is 2.49. The van der Waals surface area contributed by atoms with E-state index in [4.69, 9.17) is 0 Å². The van der Waals surface area contributed by atoms with Crippen molar-refractivity contribution in [3.63, 3.8) is 0 Å². The Morgan fingerprint density at radius 2 is 1.07 bits per heavy atom. The lowest BCUT2D eigenvalue weighted by atomic mass is 9.99. The SMILES string of the molecule is CC(C)N(c1cccc2ccccc12)c1ccc2c3c(cccc13)-c1ccccc1-2. The zero-order chi connectivity index (χ0) is 20.2. The Labute approximate surface area is 177 Å². The summed E-state index contributed by atoms with van der Waals surface area (Å²) in [5.41, 5.74) is 7.92. The Bertz CT molecular complexity index is 1390. The van der Waals surface area contributed by atoms with Crippen LogP contribution in [-0.4, -0.2) is 6.04 Å². The van der Waals surface area contributed by atoms with E-state index in [0.29, 0.717) is 6.04 Å². The summed E-state index contributed by atoms with van der Waals surface area (Å²) in [6.45, 7) is 4.56. The minimum atomic E-state index is 0.330. The van der Waals surface area contributed by atoms with E-state index in [-0.39, 0.29) is 0 Å². The summed E-state index contributed by atoms with van der Waals surface area (Å²) in [6, 6.07) is 35.8. The molecule has 0 atom stereocenters. The van der Waals surface area contributed by atoms with E-state index >= 15 is 0 Å². The van der Waals surface area contributed by atoms with E-state index in [0.717, 1.165) is 0 Å². The first-order valence-electron chi connectivity index (χ1n) is 10.7. The van der Waals surface area contributed by atoms with Gasteiger partial charge in [-0.25, -0.2) is 0 Å². The van der Waals surface area contributed by atoms with Crippen LogP contribution in [0.25, 0.3) is 43.8 Å². The van der Waals surface area contributed by atoms with Crippen molar-refractivity contribution in [1.29, 1.82) is 0 Å². The monoisotopic (exact) mass is 385 g/mol. The molecule has 6 rings (SSSR count). The van der Waals surface area contributed by atoms with Crippen LogP contribution in [0.2, 0.25) is 0 Å². The van der Waals surface area contributed by atoms with Gasteiger partial charge in [-0.3, -0.25) is 0 Å². The van der Waals surface area contributed by atoms with Gasteiger partial charge < -0.3 is 4.90 Å². The van der Waals surface area contributed by atoms with Crippen molar-refractivity contribution in [1.82, 2.24) is 0 Å². The van der Waals surface area contributed by atoms with Crippen LogP contribution in [0.4, 0.5) is 11.4 Å². The molecule has 0 aliphatic heterocycles. The third-order valence-corrected chi connectivity index (χ3v) is 6.33. The summed E-state index contributed by atoms with van der Waals surface area (Å²) in [7, 11) is 0. The minimum Gasteiger partial charge on any atom is -0.338 e. The second kappa shape index (κ2) is 6.47. The van der Waals surface area contributed by atoms with Crippen LogP contribution in [0.15, 0.2) is 97.1 Å². The molecular weight excluding hydrogens is 362 g/mol. The van der Waals surface area contributed by atoms with Crippen molar-refractivity contribution < 1.29 is 0 Å². The number of hydrogen-bond acceptors (Lipinski definition) is 1.